The summed E-state index contributed by atoms with van der Waals surface area (Å²) in [6.07, 6.45) is 0. The van der Waals surface area contributed by atoms with E-state index in [0.29, 0.717) is 22.3 Å². The van der Waals surface area contributed by atoms with E-state index in [1.165, 1.54) is 0 Å². The fourth-order valence-electron chi connectivity index (χ4n) is 2.47. The zero-order valence-electron chi connectivity index (χ0n) is 12.1. The van der Waals surface area contributed by atoms with Crippen LogP contribution in [0.15, 0.2) is 36.4 Å². The summed E-state index contributed by atoms with van der Waals surface area (Å²) in [5.74, 6) is 1.11. The molecule has 2 heterocycles. The second-order valence-electron chi connectivity index (χ2n) is 5.22. The second-order valence-corrected chi connectivity index (χ2v) is 5.66. The molecule has 0 saturated carbocycles. The molecule has 2 aromatic heterocycles. The average Bonchev–Trinajstić information content (AvgIpc) is 3.07. The molecule has 0 atom stereocenters. The van der Waals surface area contributed by atoms with Gasteiger partial charge in [-0.05, 0) is 42.8 Å². The third-order valence-electron chi connectivity index (χ3n) is 3.65. The van der Waals surface area contributed by atoms with Crippen molar-refractivity contribution >= 4 is 40.0 Å². The largest absolute Gasteiger partial charge is 0.324 e. The van der Waals surface area contributed by atoms with Crippen molar-refractivity contribution in [3.05, 3.63) is 52.5 Å². The van der Waals surface area contributed by atoms with Crippen molar-refractivity contribution in [2.24, 2.45) is 0 Å². The Morgan fingerprint density at radius 2 is 2.09 bits per heavy atom. The van der Waals surface area contributed by atoms with Crippen LogP contribution in [0.2, 0.25) is 5.02 Å². The molecule has 23 heavy (non-hydrogen) atoms. The maximum Gasteiger partial charge on any atom is 0.253 e. The van der Waals surface area contributed by atoms with Crippen molar-refractivity contribution in [3.63, 3.8) is 0 Å². The topological polar surface area (TPSA) is 81.8 Å². The lowest BCUT2D eigenvalue weighted by Crippen LogP contribution is -1.96. The molecule has 2 aromatic carbocycles. The third-order valence-corrected chi connectivity index (χ3v) is 3.88. The van der Waals surface area contributed by atoms with Gasteiger partial charge in [0.2, 0.25) is 5.95 Å². The molecule has 4 aromatic rings. The molecule has 0 aliphatic rings. The van der Waals surface area contributed by atoms with Crippen LogP contribution in [0.5, 0.6) is 0 Å². The highest BCUT2D eigenvalue weighted by Crippen LogP contribution is 2.24. The number of halogens is 1. The Hall–Kier alpha value is -3.04. The Balaban J connectivity index is 1.77. The lowest BCUT2D eigenvalue weighted by Gasteiger charge is -2.06. The van der Waals surface area contributed by atoms with Crippen LogP contribution in [0.3, 0.4) is 0 Å². The van der Waals surface area contributed by atoms with Crippen LogP contribution in [0, 0.1) is 18.3 Å². The number of benzene rings is 2. The quantitative estimate of drug-likeness (QED) is 0.588. The summed E-state index contributed by atoms with van der Waals surface area (Å²) < 4.78 is 1.78. The zero-order chi connectivity index (χ0) is 16.0. The van der Waals surface area contributed by atoms with Gasteiger partial charge in [0.05, 0.1) is 22.7 Å². The number of nitrogens with zero attached hydrogens (tertiary/aromatic N) is 4. The monoisotopic (exact) mass is 322 g/mol. The van der Waals surface area contributed by atoms with E-state index in [9.17, 15) is 0 Å². The van der Waals surface area contributed by atoms with Crippen molar-refractivity contribution in [2.45, 2.75) is 6.92 Å². The highest BCUT2D eigenvalue weighted by molar-refractivity contribution is 6.30. The normalized spacial score (nSPS) is 11.0. The Labute approximate surface area is 136 Å². The average molecular weight is 323 g/mol. The number of aromatic nitrogens is 4. The van der Waals surface area contributed by atoms with Gasteiger partial charge in [0.15, 0.2) is 0 Å². The molecule has 0 aliphatic carbocycles. The number of hydrogen-bond donors (Lipinski definition) is 2. The molecule has 112 valence electrons. The van der Waals surface area contributed by atoms with Gasteiger partial charge in [-0.2, -0.15) is 10.2 Å². The number of hydrogen-bond acceptors (Lipinski definition) is 4. The molecule has 2 N–H and O–H groups in total. The van der Waals surface area contributed by atoms with Crippen LogP contribution in [-0.2, 0) is 0 Å². The Kier molecular flexibility index (Phi) is 2.96. The number of nitrogens with one attached hydrogen (secondary N) is 2. The molecule has 0 fully saturated rings. The van der Waals surface area contributed by atoms with Gasteiger partial charge in [-0.25, -0.2) is 9.50 Å². The van der Waals surface area contributed by atoms with Gasteiger partial charge in [-0.1, -0.05) is 17.7 Å². The summed E-state index contributed by atoms with van der Waals surface area (Å²) in [7, 11) is 0. The first-order chi connectivity index (χ1) is 11.1. The number of aryl methyl sites for hydroxylation is 1. The van der Waals surface area contributed by atoms with Crippen LogP contribution in [0.1, 0.15) is 11.1 Å². The maximum absolute atomic E-state index is 8.95. The minimum Gasteiger partial charge on any atom is -0.324 e. The molecule has 0 spiro atoms. The number of nitriles is 1. The highest BCUT2D eigenvalue weighted by atomic mass is 35.5. The van der Waals surface area contributed by atoms with Gasteiger partial charge < -0.3 is 5.32 Å². The molecular formula is C16H11ClN6. The molecule has 0 amide bonds. The zero-order valence-corrected chi connectivity index (χ0v) is 12.9. The minimum absolute atomic E-state index is 0.539. The van der Waals surface area contributed by atoms with E-state index in [-0.39, 0.29) is 0 Å². The van der Waals surface area contributed by atoms with E-state index in [0.717, 1.165) is 22.3 Å². The van der Waals surface area contributed by atoms with Crippen LogP contribution < -0.4 is 5.32 Å². The first kappa shape index (κ1) is 13.6. The molecule has 4 rings (SSSR count). The summed E-state index contributed by atoms with van der Waals surface area (Å²) in [5.41, 5.74) is 4.11. The first-order valence-electron chi connectivity index (χ1n) is 6.95. The van der Waals surface area contributed by atoms with E-state index in [4.69, 9.17) is 16.9 Å². The maximum atomic E-state index is 8.95. The summed E-state index contributed by atoms with van der Waals surface area (Å²) in [6, 6.07) is 13.1. The fourth-order valence-corrected chi connectivity index (χ4v) is 2.64. The second kappa shape index (κ2) is 5.00. The molecule has 6 nitrogen and oxygen atoms in total. The lowest BCUT2D eigenvalue weighted by atomic mass is 10.2. The van der Waals surface area contributed by atoms with Gasteiger partial charge >= 0.3 is 0 Å². The van der Waals surface area contributed by atoms with Crippen molar-refractivity contribution < 1.29 is 0 Å². The van der Waals surface area contributed by atoms with E-state index in [2.05, 4.69) is 26.5 Å². The van der Waals surface area contributed by atoms with E-state index in [1.54, 1.807) is 16.6 Å². The number of imidazole rings is 1. The SMILES string of the molecule is Cc1ccc(Cl)cc1Nc1nc2nc3cc(C#N)ccc3n2[nH]1. The molecule has 0 radical (unpaired) electrons. The van der Waals surface area contributed by atoms with Gasteiger partial charge in [0.1, 0.15) is 0 Å². The molecular weight excluding hydrogens is 312 g/mol. The summed E-state index contributed by atoms with van der Waals surface area (Å²) in [6.45, 7) is 1.99. The van der Waals surface area contributed by atoms with Crippen molar-refractivity contribution in [3.8, 4) is 6.07 Å². The van der Waals surface area contributed by atoms with Gasteiger partial charge in [0, 0.05) is 10.7 Å². The third kappa shape index (κ3) is 2.28. The van der Waals surface area contributed by atoms with Gasteiger partial charge in [0.25, 0.3) is 5.78 Å². The Bertz CT molecular complexity index is 1090. The number of rotatable bonds is 2. The van der Waals surface area contributed by atoms with E-state index >= 15 is 0 Å². The lowest BCUT2D eigenvalue weighted by molar-refractivity contribution is 1.01. The minimum atomic E-state index is 0.539. The number of aromatic amines is 1. The van der Waals surface area contributed by atoms with Crippen LogP contribution >= 0.6 is 11.6 Å². The smallest absolute Gasteiger partial charge is 0.253 e. The van der Waals surface area contributed by atoms with E-state index in [1.807, 2.05) is 31.2 Å². The van der Waals surface area contributed by atoms with Crippen molar-refractivity contribution in [1.29, 1.82) is 5.26 Å². The van der Waals surface area contributed by atoms with Crippen molar-refractivity contribution in [1.82, 2.24) is 19.6 Å². The van der Waals surface area contributed by atoms with Crippen molar-refractivity contribution in [2.75, 3.05) is 5.32 Å². The molecule has 0 aliphatic heterocycles. The van der Waals surface area contributed by atoms with Crippen LogP contribution in [0.25, 0.3) is 16.8 Å². The molecule has 0 bridgehead atoms. The van der Waals surface area contributed by atoms with E-state index < -0.39 is 0 Å². The number of anilines is 2. The predicted molar refractivity (Wildman–Crippen MR) is 89.0 cm³/mol. The van der Waals surface area contributed by atoms with Gasteiger partial charge in [-0.3, -0.25) is 5.10 Å². The number of H-pyrrole nitrogens is 1. The van der Waals surface area contributed by atoms with Crippen LogP contribution in [-0.4, -0.2) is 19.6 Å². The first-order valence-corrected chi connectivity index (χ1v) is 7.33. The summed E-state index contributed by atoms with van der Waals surface area (Å²) in [5, 5.41) is 16.0. The molecule has 7 heteroatoms. The fraction of sp³-hybridized carbons (Fsp3) is 0.0625. The number of fused-ring (bicyclic) bond motifs is 3. The molecule has 0 unspecified atom stereocenters. The Morgan fingerprint density at radius 1 is 1.22 bits per heavy atom. The summed E-state index contributed by atoms with van der Waals surface area (Å²) in [4.78, 5) is 8.86. The molecule has 0 saturated heterocycles. The summed E-state index contributed by atoms with van der Waals surface area (Å²) >= 11 is 6.03. The Morgan fingerprint density at radius 3 is 2.91 bits per heavy atom. The van der Waals surface area contributed by atoms with Crippen LogP contribution in [0.4, 0.5) is 11.6 Å². The predicted octanol–water partition coefficient (Wildman–Crippen LogP) is 3.79. The standard InChI is InChI=1S/C16H11ClN6/c1-9-2-4-11(17)7-12(9)19-15-21-16-20-13-6-10(8-18)3-5-14(13)23(16)22-15/h2-7H,1H3,(H2,19,20,21,22). The van der Waals surface area contributed by atoms with Gasteiger partial charge in [-0.15, -0.1) is 0 Å². The highest BCUT2D eigenvalue weighted by Gasteiger charge is 2.11.